The summed E-state index contributed by atoms with van der Waals surface area (Å²) in [5, 5.41) is 3.62. The first kappa shape index (κ1) is 15.7. The van der Waals surface area contributed by atoms with Crippen LogP contribution in [-0.4, -0.2) is 73.6 Å². The quantitative estimate of drug-likeness (QED) is 0.807. The van der Waals surface area contributed by atoms with Gasteiger partial charge in [0.05, 0.1) is 0 Å². The Balaban J connectivity index is 1.43. The van der Waals surface area contributed by atoms with Gasteiger partial charge < -0.3 is 19.9 Å². The Morgan fingerprint density at radius 2 is 1.55 bits per heavy atom. The normalized spacial score (nSPS) is 31.4. The Labute approximate surface area is 132 Å². The summed E-state index contributed by atoms with van der Waals surface area (Å²) in [6, 6.07) is 1.28. The number of fused-ring (bicyclic) bond motifs is 2. The van der Waals surface area contributed by atoms with Crippen LogP contribution in [0.5, 0.6) is 0 Å². The molecule has 3 heterocycles. The maximum absolute atomic E-state index is 12.5. The zero-order chi connectivity index (χ0) is 15.5. The standard InChI is InChI=1S/C16H27N3O3/c1-22-11-16(21)19-6-4-18(5-7-19)15(20)10-12-8-13-2-3-14(9-12)17-13/h12-14,17H,2-11H2,1H3. The molecule has 0 aliphatic carbocycles. The predicted molar refractivity (Wildman–Crippen MR) is 82.3 cm³/mol. The SMILES string of the molecule is COCC(=O)N1CCN(C(=O)CC2CC3CCC(C2)N3)CC1. The van der Waals surface area contributed by atoms with Crippen molar-refractivity contribution >= 4 is 11.8 Å². The lowest BCUT2D eigenvalue weighted by Gasteiger charge is -2.36. The van der Waals surface area contributed by atoms with E-state index in [1.807, 2.05) is 4.90 Å². The number of carbonyl (C=O) groups is 2. The van der Waals surface area contributed by atoms with Gasteiger partial charge in [0.1, 0.15) is 6.61 Å². The van der Waals surface area contributed by atoms with Gasteiger partial charge in [-0.05, 0) is 31.6 Å². The summed E-state index contributed by atoms with van der Waals surface area (Å²) in [5.74, 6) is 0.828. The third kappa shape index (κ3) is 3.60. The number of nitrogens with zero attached hydrogens (tertiary/aromatic N) is 2. The molecule has 0 radical (unpaired) electrons. The van der Waals surface area contributed by atoms with Crippen LogP contribution in [0.3, 0.4) is 0 Å². The minimum Gasteiger partial charge on any atom is -0.375 e. The van der Waals surface area contributed by atoms with Crippen molar-refractivity contribution in [3.8, 4) is 0 Å². The first-order valence-corrected chi connectivity index (χ1v) is 8.46. The van der Waals surface area contributed by atoms with Gasteiger partial charge in [-0.25, -0.2) is 0 Å². The predicted octanol–water partition coefficient (Wildman–Crippen LogP) is 0.224. The number of hydrogen-bond donors (Lipinski definition) is 1. The van der Waals surface area contributed by atoms with Gasteiger partial charge in [0.2, 0.25) is 11.8 Å². The molecular formula is C16H27N3O3. The first-order valence-electron chi connectivity index (χ1n) is 8.46. The molecule has 2 bridgehead atoms. The fraction of sp³-hybridized carbons (Fsp3) is 0.875. The van der Waals surface area contributed by atoms with Crippen LogP contribution in [0, 0.1) is 5.92 Å². The highest BCUT2D eigenvalue weighted by atomic mass is 16.5. The Hall–Kier alpha value is -1.14. The van der Waals surface area contributed by atoms with Crippen LogP contribution in [0.25, 0.3) is 0 Å². The number of methoxy groups -OCH3 is 1. The van der Waals surface area contributed by atoms with Crippen LogP contribution in [0.4, 0.5) is 0 Å². The molecule has 3 saturated heterocycles. The second-order valence-electron chi connectivity index (χ2n) is 6.87. The smallest absolute Gasteiger partial charge is 0.248 e. The molecule has 3 aliphatic heterocycles. The number of hydrogen-bond acceptors (Lipinski definition) is 4. The van der Waals surface area contributed by atoms with E-state index in [1.165, 1.54) is 20.0 Å². The number of carbonyl (C=O) groups excluding carboxylic acids is 2. The Bertz CT molecular complexity index is 409. The average molecular weight is 309 g/mol. The van der Waals surface area contributed by atoms with Crippen molar-refractivity contribution in [3.63, 3.8) is 0 Å². The lowest BCUT2D eigenvalue weighted by Crippen LogP contribution is -2.52. The highest BCUT2D eigenvalue weighted by Crippen LogP contribution is 2.33. The molecule has 124 valence electrons. The fourth-order valence-corrected chi connectivity index (χ4v) is 4.14. The minimum absolute atomic E-state index is 0.0181. The highest BCUT2D eigenvalue weighted by Gasteiger charge is 2.35. The van der Waals surface area contributed by atoms with Crippen molar-refractivity contribution in [2.75, 3.05) is 39.9 Å². The molecule has 2 atom stereocenters. The van der Waals surface area contributed by atoms with Crippen molar-refractivity contribution in [3.05, 3.63) is 0 Å². The molecule has 2 unspecified atom stereocenters. The number of ether oxygens (including phenoxy) is 1. The average Bonchev–Trinajstić information content (AvgIpc) is 2.86. The number of amides is 2. The number of piperidine rings is 1. The third-order valence-electron chi connectivity index (χ3n) is 5.29. The molecule has 6 heteroatoms. The van der Waals surface area contributed by atoms with E-state index in [4.69, 9.17) is 4.74 Å². The first-order chi connectivity index (χ1) is 10.7. The van der Waals surface area contributed by atoms with Gasteiger partial charge in [0, 0.05) is 51.8 Å². The fourth-order valence-electron chi connectivity index (χ4n) is 4.14. The monoisotopic (exact) mass is 309 g/mol. The summed E-state index contributed by atoms with van der Waals surface area (Å²) in [7, 11) is 1.53. The van der Waals surface area contributed by atoms with Gasteiger partial charge in [-0.3, -0.25) is 9.59 Å². The van der Waals surface area contributed by atoms with E-state index in [1.54, 1.807) is 4.90 Å². The highest BCUT2D eigenvalue weighted by molar-refractivity contribution is 5.79. The van der Waals surface area contributed by atoms with Crippen LogP contribution in [0.1, 0.15) is 32.1 Å². The van der Waals surface area contributed by atoms with Gasteiger partial charge >= 0.3 is 0 Å². The summed E-state index contributed by atoms with van der Waals surface area (Å²) < 4.78 is 4.88. The summed E-state index contributed by atoms with van der Waals surface area (Å²) in [4.78, 5) is 28.0. The Morgan fingerprint density at radius 1 is 1.00 bits per heavy atom. The summed E-state index contributed by atoms with van der Waals surface area (Å²) in [5.41, 5.74) is 0. The van der Waals surface area contributed by atoms with E-state index >= 15 is 0 Å². The maximum Gasteiger partial charge on any atom is 0.248 e. The van der Waals surface area contributed by atoms with Crippen LogP contribution in [0.2, 0.25) is 0 Å². The van der Waals surface area contributed by atoms with Crippen LogP contribution in [-0.2, 0) is 14.3 Å². The van der Waals surface area contributed by atoms with Gasteiger partial charge in [-0.15, -0.1) is 0 Å². The van der Waals surface area contributed by atoms with E-state index in [2.05, 4.69) is 5.32 Å². The number of piperazine rings is 1. The van der Waals surface area contributed by atoms with Crippen LogP contribution < -0.4 is 5.32 Å². The number of rotatable bonds is 4. The van der Waals surface area contributed by atoms with Crippen LogP contribution >= 0.6 is 0 Å². The Morgan fingerprint density at radius 3 is 2.09 bits per heavy atom. The molecule has 0 aromatic carbocycles. The van der Waals surface area contributed by atoms with Crippen molar-refractivity contribution in [1.29, 1.82) is 0 Å². The van der Waals surface area contributed by atoms with Gasteiger partial charge in [-0.2, -0.15) is 0 Å². The van der Waals surface area contributed by atoms with Crippen molar-refractivity contribution in [1.82, 2.24) is 15.1 Å². The molecule has 22 heavy (non-hydrogen) atoms. The molecule has 0 saturated carbocycles. The molecule has 3 rings (SSSR count). The minimum atomic E-state index is 0.0181. The molecule has 3 aliphatic rings. The summed E-state index contributed by atoms with van der Waals surface area (Å²) >= 11 is 0. The molecule has 6 nitrogen and oxygen atoms in total. The van der Waals surface area contributed by atoms with Crippen LogP contribution in [0.15, 0.2) is 0 Å². The van der Waals surface area contributed by atoms with Gasteiger partial charge in [0.15, 0.2) is 0 Å². The molecule has 1 N–H and O–H groups in total. The van der Waals surface area contributed by atoms with E-state index in [-0.39, 0.29) is 18.4 Å². The second kappa shape index (κ2) is 6.96. The third-order valence-corrected chi connectivity index (χ3v) is 5.29. The lowest BCUT2D eigenvalue weighted by molar-refractivity contribution is -0.142. The van der Waals surface area contributed by atoms with Crippen molar-refractivity contribution in [2.24, 2.45) is 5.92 Å². The van der Waals surface area contributed by atoms with Crippen molar-refractivity contribution in [2.45, 2.75) is 44.2 Å². The van der Waals surface area contributed by atoms with Gasteiger partial charge in [-0.1, -0.05) is 0 Å². The molecule has 0 aromatic heterocycles. The zero-order valence-corrected chi connectivity index (χ0v) is 13.4. The largest absolute Gasteiger partial charge is 0.375 e. The maximum atomic E-state index is 12.5. The zero-order valence-electron chi connectivity index (χ0n) is 13.4. The Kier molecular flexibility index (Phi) is 4.98. The van der Waals surface area contributed by atoms with E-state index in [0.29, 0.717) is 50.6 Å². The van der Waals surface area contributed by atoms with Gasteiger partial charge in [0.25, 0.3) is 0 Å². The van der Waals surface area contributed by atoms with E-state index < -0.39 is 0 Å². The number of nitrogens with one attached hydrogen (secondary N) is 1. The van der Waals surface area contributed by atoms with E-state index in [0.717, 1.165) is 12.8 Å². The molecule has 3 fully saturated rings. The molecule has 0 spiro atoms. The lowest BCUT2D eigenvalue weighted by atomic mass is 9.89. The molecule has 2 amide bonds. The molecular weight excluding hydrogens is 282 g/mol. The molecule has 0 aromatic rings. The van der Waals surface area contributed by atoms with E-state index in [9.17, 15) is 9.59 Å². The summed E-state index contributed by atoms with van der Waals surface area (Å²) in [6.07, 6.45) is 5.52. The summed E-state index contributed by atoms with van der Waals surface area (Å²) in [6.45, 7) is 2.71. The topological polar surface area (TPSA) is 61.9 Å². The second-order valence-corrected chi connectivity index (χ2v) is 6.87. The van der Waals surface area contributed by atoms with Crippen molar-refractivity contribution < 1.29 is 14.3 Å².